The topological polar surface area (TPSA) is 46.4 Å². The number of carbonyl (C=O) groups excluding carboxylic acids is 1. The second-order valence-corrected chi connectivity index (χ2v) is 4.32. The van der Waals surface area contributed by atoms with E-state index in [-0.39, 0.29) is 0 Å². The summed E-state index contributed by atoms with van der Waals surface area (Å²) >= 11 is 0. The van der Waals surface area contributed by atoms with E-state index < -0.39 is 0 Å². The molecule has 0 saturated carbocycles. The van der Waals surface area contributed by atoms with Crippen molar-refractivity contribution in [1.29, 1.82) is 0 Å². The van der Waals surface area contributed by atoms with Crippen LogP contribution in [0.5, 0.6) is 0 Å². The van der Waals surface area contributed by atoms with Gasteiger partial charge in [0.2, 0.25) is 0 Å². The minimum Gasteiger partial charge on any atom is -0.298 e. The predicted molar refractivity (Wildman–Crippen MR) is 68.2 cm³/mol. The standard InChI is InChI=1S/C14H16NO3/c1-18-15(17)13-7-4-6-11(9-13)14-8-3-2-5-12(14)10-16/h4,6-7,9-10H,2-3,5,8H2,1H3/q+1. The van der Waals surface area contributed by atoms with Crippen molar-refractivity contribution in [3.8, 4) is 0 Å². The largest absolute Gasteiger partial charge is 0.317 e. The van der Waals surface area contributed by atoms with Crippen molar-refractivity contribution in [3.63, 3.8) is 0 Å². The number of hydrogen-bond acceptors (Lipinski definition) is 3. The van der Waals surface area contributed by atoms with Crippen LogP contribution in [0, 0.1) is 4.91 Å². The molecule has 0 bridgehead atoms. The third-order valence-corrected chi connectivity index (χ3v) is 3.22. The maximum atomic E-state index is 11.4. The molecular formula is C14H16NO3+. The van der Waals surface area contributed by atoms with Crippen LogP contribution in [0.15, 0.2) is 29.8 Å². The highest BCUT2D eigenvalue weighted by Gasteiger charge is 2.18. The molecule has 0 N–H and O–H groups in total. The molecule has 0 aromatic heterocycles. The Kier molecular flexibility index (Phi) is 3.87. The van der Waals surface area contributed by atoms with Gasteiger partial charge in [-0.05, 0) is 42.4 Å². The Morgan fingerprint density at radius 3 is 2.78 bits per heavy atom. The van der Waals surface area contributed by atoms with E-state index in [4.69, 9.17) is 0 Å². The van der Waals surface area contributed by atoms with Crippen LogP contribution in [0.25, 0.3) is 5.57 Å². The Bertz CT molecular complexity index is 506. The van der Waals surface area contributed by atoms with Gasteiger partial charge in [-0.3, -0.25) is 4.79 Å². The molecule has 0 unspecified atom stereocenters. The monoisotopic (exact) mass is 246 g/mol. The molecule has 1 aliphatic carbocycles. The molecule has 2 rings (SSSR count). The molecule has 1 aliphatic rings. The normalized spacial score (nSPS) is 15.4. The van der Waals surface area contributed by atoms with Crippen molar-refractivity contribution in [1.82, 2.24) is 0 Å². The highest BCUT2D eigenvalue weighted by molar-refractivity contribution is 5.89. The summed E-state index contributed by atoms with van der Waals surface area (Å²) in [4.78, 5) is 27.6. The van der Waals surface area contributed by atoms with Gasteiger partial charge in [0.25, 0.3) is 4.92 Å². The molecule has 0 atom stereocenters. The average molecular weight is 246 g/mol. The van der Waals surface area contributed by atoms with Crippen LogP contribution in [0.4, 0.5) is 5.69 Å². The fourth-order valence-corrected chi connectivity index (χ4v) is 2.30. The Morgan fingerprint density at radius 1 is 1.28 bits per heavy atom. The highest BCUT2D eigenvalue weighted by Crippen LogP contribution is 2.32. The number of hydrogen-bond donors (Lipinski definition) is 0. The summed E-state index contributed by atoms with van der Waals surface area (Å²) in [6.07, 6.45) is 4.80. The third kappa shape index (κ3) is 2.47. The fraction of sp³-hybridized carbons (Fsp3) is 0.357. The van der Waals surface area contributed by atoms with Crippen molar-refractivity contribution < 1.29 is 14.6 Å². The third-order valence-electron chi connectivity index (χ3n) is 3.22. The number of rotatable bonds is 4. The van der Waals surface area contributed by atoms with Gasteiger partial charge in [0.05, 0.1) is 4.91 Å². The SMILES string of the molecule is CO[N+](=O)c1cccc(C2=C(C=O)CCCC2)c1. The van der Waals surface area contributed by atoms with Gasteiger partial charge in [-0.2, -0.15) is 0 Å². The van der Waals surface area contributed by atoms with E-state index in [1.807, 2.05) is 6.07 Å². The molecule has 0 radical (unpaired) electrons. The van der Waals surface area contributed by atoms with Gasteiger partial charge in [0.1, 0.15) is 6.29 Å². The molecule has 94 valence electrons. The van der Waals surface area contributed by atoms with Crippen LogP contribution >= 0.6 is 0 Å². The van der Waals surface area contributed by atoms with Crippen molar-refractivity contribution >= 4 is 17.5 Å². The van der Waals surface area contributed by atoms with Crippen LogP contribution < -0.4 is 0 Å². The smallest absolute Gasteiger partial charge is 0.298 e. The van der Waals surface area contributed by atoms with Crippen molar-refractivity contribution in [2.45, 2.75) is 25.7 Å². The molecule has 1 aromatic rings. The lowest BCUT2D eigenvalue weighted by Crippen LogP contribution is -2.02. The summed E-state index contributed by atoms with van der Waals surface area (Å²) in [6, 6.07) is 7.18. The Balaban J connectivity index is 2.41. The lowest BCUT2D eigenvalue weighted by molar-refractivity contribution is -0.736. The lowest BCUT2D eigenvalue weighted by Gasteiger charge is -2.16. The quantitative estimate of drug-likeness (QED) is 0.605. The second kappa shape index (κ2) is 5.58. The van der Waals surface area contributed by atoms with E-state index >= 15 is 0 Å². The van der Waals surface area contributed by atoms with Crippen LogP contribution in [-0.4, -0.2) is 18.3 Å². The molecular weight excluding hydrogens is 230 g/mol. The molecule has 0 saturated heterocycles. The molecule has 0 spiro atoms. The first-order valence-corrected chi connectivity index (χ1v) is 6.05. The second-order valence-electron chi connectivity index (χ2n) is 4.32. The molecule has 1 aromatic carbocycles. The number of carbonyl (C=O) groups is 1. The van der Waals surface area contributed by atoms with Crippen molar-refractivity contribution in [3.05, 3.63) is 40.3 Å². The first kappa shape index (κ1) is 12.5. The van der Waals surface area contributed by atoms with Crippen molar-refractivity contribution in [2.24, 2.45) is 0 Å². The maximum Gasteiger partial charge on any atom is 0.317 e. The van der Waals surface area contributed by atoms with Crippen LogP contribution in [-0.2, 0) is 9.63 Å². The van der Waals surface area contributed by atoms with Gasteiger partial charge in [0.15, 0.2) is 7.11 Å². The molecule has 0 aliphatic heterocycles. The summed E-state index contributed by atoms with van der Waals surface area (Å²) in [5, 5.41) is 0. The van der Waals surface area contributed by atoms with Gasteiger partial charge in [0, 0.05) is 12.1 Å². The first-order valence-electron chi connectivity index (χ1n) is 6.05. The molecule has 0 fully saturated rings. The zero-order valence-electron chi connectivity index (χ0n) is 10.4. The number of nitrogens with zero attached hydrogens (tertiary/aromatic N) is 1. The Morgan fingerprint density at radius 2 is 2.06 bits per heavy atom. The van der Waals surface area contributed by atoms with Crippen LogP contribution in [0.1, 0.15) is 31.2 Å². The number of allylic oxidation sites excluding steroid dienone is 2. The van der Waals surface area contributed by atoms with Crippen LogP contribution in [0.3, 0.4) is 0 Å². The fourth-order valence-electron chi connectivity index (χ4n) is 2.30. The molecule has 0 heterocycles. The van der Waals surface area contributed by atoms with E-state index in [2.05, 4.69) is 4.84 Å². The van der Waals surface area contributed by atoms with E-state index in [1.54, 1.807) is 18.2 Å². The molecule has 0 amide bonds. The minimum atomic E-state index is 0.443. The van der Waals surface area contributed by atoms with Gasteiger partial charge in [-0.25, -0.2) is 4.84 Å². The van der Waals surface area contributed by atoms with E-state index in [0.717, 1.165) is 48.7 Å². The van der Waals surface area contributed by atoms with E-state index in [9.17, 15) is 9.70 Å². The summed E-state index contributed by atoms with van der Waals surface area (Å²) < 4.78 is 0. The summed E-state index contributed by atoms with van der Waals surface area (Å²) in [5.41, 5.74) is 3.29. The zero-order chi connectivity index (χ0) is 13.0. The van der Waals surface area contributed by atoms with Gasteiger partial charge >= 0.3 is 5.69 Å². The van der Waals surface area contributed by atoms with Crippen LogP contribution in [0.2, 0.25) is 0 Å². The molecule has 18 heavy (non-hydrogen) atoms. The number of benzene rings is 1. The molecule has 4 nitrogen and oxygen atoms in total. The maximum absolute atomic E-state index is 11.4. The first-order chi connectivity index (χ1) is 8.76. The molecule has 4 heteroatoms. The summed E-state index contributed by atoms with van der Waals surface area (Å²) in [7, 11) is 1.33. The highest BCUT2D eigenvalue weighted by atomic mass is 16.8. The predicted octanol–water partition coefficient (Wildman–Crippen LogP) is 3.18. The van der Waals surface area contributed by atoms with Gasteiger partial charge in [-0.1, -0.05) is 12.1 Å². The van der Waals surface area contributed by atoms with Gasteiger partial charge in [-0.15, -0.1) is 0 Å². The average Bonchev–Trinajstić information content (AvgIpc) is 2.46. The zero-order valence-corrected chi connectivity index (χ0v) is 10.4. The van der Waals surface area contributed by atoms with Gasteiger partial charge < -0.3 is 0 Å². The lowest BCUT2D eigenvalue weighted by atomic mass is 9.88. The van der Waals surface area contributed by atoms with Crippen molar-refractivity contribution in [2.75, 3.05) is 7.11 Å². The summed E-state index contributed by atoms with van der Waals surface area (Å²) in [5.74, 6) is 0. The Hall–Kier alpha value is -1.97. The van der Waals surface area contributed by atoms with E-state index in [1.165, 1.54) is 7.11 Å². The summed E-state index contributed by atoms with van der Waals surface area (Å²) in [6.45, 7) is 0. The van der Waals surface area contributed by atoms with E-state index in [0.29, 0.717) is 10.6 Å². The Labute approximate surface area is 106 Å². The number of aldehydes is 1. The minimum absolute atomic E-state index is 0.443.